The fourth-order valence-electron chi connectivity index (χ4n) is 1.72. The summed E-state index contributed by atoms with van der Waals surface area (Å²) in [5.74, 6) is 0.636. The minimum Gasteiger partial charge on any atom is -0.495 e. The smallest absolute Gasteiger partial charge is 0.326 e. The lowest BCUT2D eigenvalue weighted by Gasteiger charge is -2.18. The third-order valence-corrected chi connectivity index (χ3v) is 2.80. The maximum absolute atomic E-state index is 12.1. The minimum atomic E-state index is -0.212. The third kappa shape index (κ3) is 3.04. The van der Waals surface area contributed by atoms with Crippen molar-refractivity contribution >= 4 is 17.4 Å². The Morgan fingerprint density at radius 3 is 2.37 bits per heavy atom. The molecule has 0 saturated carbocycles. The number of hydrogen-bond acceptors (Lipinski definition) is 2. The molecule has 0 radical (unpaired) electrons. The second-order valence-corrected chi connectivity index (χ2v) is 4.03. The van der Waals surface area contributed by atoms with E-state index >= 15 is 0 Å². The number of methoxy groups -OCH3 is 1. The van der Waals surface area contributed by atoms with Crippen molar-refractivity contribution < 1.29 is 9.53 Å². The van der Waals surface area contributed by atoms with Gasteiger partial charge in [0.1, 0.15) is 5.75 Å². The van der Waals surface area contributed by atoms with Crippen molar-refractivity contribution in [2.24, 2.45) is 0 Å². The summed E-state index contributed by atoms with van der Waals surface area (Å²) in [6.45, 7) is 0. The summed E-state index contributed by atoms with van der Waals surface area (Å²) < 4.78 is 5.20. The van der Waals surface area contributed by atoms with Crippen molar-refractivity contribution in [1.29, 1.82) is 0 Å². The average molecular weight is 256 g/mol. The molecule has 2 aromatic rings. The largest absolute Gasteiger partial charge is 0.495 e. The van der Waals surface area contributed by atoms with Crippen molar-refractivity contribution in [3.8, 4) is 5.75 Å². The molecule has 19 heavy (non-hydrogen) atoms. The van der Waals surface area contributed by atoms with Gasteiger partial charge in [0.25, 0.3) is 0 Å². The second kappa shape index (κ2) is 5.91. The monoisotopic (exact) mass is 256 g/mol. The lowest BCUT2D eigenvalue weighted by atomic mass is 10.3. The number of carbonyl (C=O) groups is 1. The summed E-state index contributed by atoms with van der Waals surface area (Å²) in [5.41, 5.74) is 1.48. The molecule has 0 unspecified atom stereocenters. The highest BCUT2D eigenvalue weighted by molar-refractivity contribution is 6.02. The molecule has 0 spiro atoms. The van der Waals surface area contributed by atoms with Gasteiger partial charge in [0, 0.05) is 12.7 Å². The molecule has 4 heteroatoms. The Kier molecular flexibility index (Phi) is 4.03. The number of urea groups is 1. The highest BCUT2D eigenvalue weighted by Crippen LogP contribution is 2.23. The van der Waals surface area contributed by atoms with Crippen LogP contribution in [0.1, 0.15) is 0 Å². The van der Waals surface area contributed by atoms with Crippen LogP contribution in [0.4, 0.5) is 16.2 Å². The number of carbonyl (C=O) groups excluding carboxylic acids is 1. The van der Waals surface area contributed by atoms with Gasteiger partial charge in [-0.05, 0) is 24.3 Å². The fourth-order valence-corrected chi connectivity index (χ4v) is 1.72. The van der Waals surface area contributed by atoms with Crippen LogP contribution in [0.15, 0.2) is 54.6 Å². The van der Waals surface area contributed by atoms with Crippen LogP contribution in [-0.4, -0.2) is 20.2 Å². The first kappa shape index (κ1) is 13.0. The zero-order chi connectivity index (χ0) is 13.7. The fraction of sp³-hybridized carbons (Fsp3) is 0.133. The number of nitrogens with one attached hydrogen (secondary N) is 1. The van der Waals surface area contributed by atoms with Crippen LogP contribution in [0.3, 0.4) is 0 Å². The molecule has 0 saturated heterocycles. The quantitative estimate of drug-likeness (QED) is 0.914. The van der Waals surface area contributed by atoms with E-state index in [4.69, 9.17) is 4.74 Å². The van der Waals surface area contributed by atoms with Gasteiger partial charge in [-0.2, -0.15) is 0 Å². The number of nitrogens with zero attached hydrogens (tertiary/aromatic N) is 1. The van der Waals surface area contributed by atoms with Crippen LogP contribution in [0.5, 0.6) is 5.75 Å². The number of anilines is 2. The summed E-state index contributed by atoms with van der Waals surface area (Å²) in [6.07, 6.45) is 0. The molecule has 2 amide bonds. The molecule has 0 atom stereocenters. The Labute approximate surface area is 112 Å². The lowest BCUT2D eigenvalue weighted by Crippen LogP contribution is -2.31. The van der Waals surface area contributed by atoms with Gasteiger partial charge < -0.3 is 10.1 Å². The summed E-state index contributed by atoms with van der Waals surface area (Å²) >= 11 is 0. The third-order valence-electron chi connectivity index (χ3n) is 2.80. The molecule has 1 N–H and O–H groups in total. The number of rotatable bonds is 3. The van der Waals surface area contributed by atoms with E-state index in [0.717, 1.165) is 5.69 Å². The standard InChI is InChI=1S/C15H16N2O2/c1-17(12-8-4-3-5-9-12)15(18)16-13-10-6-7-11-14(13)19-2/h3-11H,1-2H3,(H,16,18). The molecule has 0 fully saturated rings. The van der Waals surface area contributed by atoms with Crippen LogP contribution in [0.25, 0.3) is 0 Å². The molecule has 0 bridgehead atoms. The van der Waals surface area contributed by atoms with Crippen LogP contribution in [0, 0.1) is 0 Å². The topological polar surface area (TPSA) is 41.6 Å². The van der Waals surface area contributed by atoms with Crippen molar-refractivity contribution in [2.45, 2.75) is 0 Å². The summed E-state index contributed by atoms with van der Waals surface area (Å²) in [6, 6.07) is 16.5. The van der Waals surface area contributed by atoms with Crippen molar-refractivity contribution in [3.05, 3.63) is 54.6 Å². The van der Waals surface area contributed by atoms with E-state index in [1.165, 1.54) is 0 Å². The molecular formula is C15H16N2O2. The molecular weight excluding hydrogens is 240 g/mol. The van der Waals surface area contributed by atoms with Gasteiger partial charge in [-0.1, -0.05) is 30.3 Å². The Morgan fingerprint density at radius 1 is 1.05 bits per heavy atom. The predicted molar refractivity (Wildman–Crippen MR) is 76.9 cm³/mol. The maximum atomic E-state index is 12.1. The van der Waals surface area contributed by atoms with Gasteiger partial charge >= 0.3 is 6.03 Å². The number of benzene rings is 2. The molecule has 98 valence electrons. The van der Waals surface area contributed by atoms with Gasteiger partial charge in [0.05, 0.1) is 12.8 Å². The van der Waals surface area contributed by atoms with Gasteiger partial charge in [-0.15, -0.1) is 0 Å². The first-order chi connectivity index (χ1) is 9.22. The minimum absolute atomic E-state index is 0.212. The molecule has 4 nitrogen and oxygen atoms in total. The number of amides is 2. The molecule has 0 aromatic heterocycles. The van der Waals surface area contributed by atoms with Gasteiger partial charge in [0.2, 0.25) is 0 Å². The van der Waals surface area contributed by atoms with E-state index in [2.05, 4.69) is 5.32 Å². The van der Waals surface area contributed by atoms with E-state index in [9.17, 15) is 4.79 Å². The van der Waals surface area contributed by atoms with E-state index in [1.807, 2.05) is 42.5 Å². The number of ether oxygens (including phenoxy) is 1. The van der Waals surface area contributed by atoms with Crippen LogP contribution >= 0.6 is 0 Å². The zero-order valence-electron chi connectivity index (χ0n) is 11.0. The lowest BCUT2D eigenvalue weighted by molar-refractivity contribution is 0.258. The SMILES string of the molecule is COc1ccccc1NC(=O)N(C)c1ccccc1. The first-order valence-electron chi connectivity index (χ1n) is 5.95. The molecule has 0 aliphatic carbocycles. The van der Waals surface area contributed by atoms with Gasteiger partial charge in [-0.3, -0.25) is 4.90 Å². The molecule has 2 rings (SSSR count). The first-order valence-corrected chi connectivity index (χ1v) is 5.95. The molecule has 2 aromatic carbocycles. The average Bonchev–Trinajstić information content (AvgIpc) is 2.48. The molecule has 0 heterocycles. The Hall–Kier alpha value is -2.49. The van der Waals surface area contributed by atoms with E-state index in [-0.39, 0.29) is 6.03 Å². The van der Waals surface area contributed by atoms with Crippen molar-refractivity contribution in [2.75, 3.05) is 24.4 Å². The second-order valence-electron chi connectivity index (χ2n) is 4.03. The van der Waals surface area contributed by atoms with Crippen LogP contribution in [-0.2, 0) is 0 Å². The molecule has 0 aliphatic rings. The maximum Gasteiger partial charge on any atom is 0.326 e. The van der Waals surface area contributed by atoms with E-state index in [0.29, 0.717) is 11.4 Å². The van der Waals surface area contributed by atoms with Crippen molar-refractivity contribution in [3.63, 3.8) is 0 Å². The summed E-state index contributed by atoms with van der Waals surface area (Å²) in [5, 5.41) is 2.82. The predicted octanol–water partition coefficient (Wildman–Crippen LogP) is 3.36. The van der Waals surface area contributed by atoms with Crippen LogP contribution in [0.2, 0.25) is 0 Å². The Morgan fingerprint density at radius 2 is 1.68 bits per heavy atom. The highest BCUT2D eigenvalue weighted by atomic mass is 16.5. The number of hydrogen-bond donors (Lipinski definition) is 1. The van der Waals surface area contributed by atoms with Crippen LogP contribution < -0.4 is 15.0 Å². The van der Waals surface area contributed by atoms with E-state index in [1.54, 1.807) is 31.2 Å². The highest BCUT2D eigenvalue weighted by Gasteiger charge is 2.12. The normalized spacial score (nSPS) is 9.79. The van der Waals surface area contributed by atoms with Gasteiger partial charge in [0.15, 0.2) is 0 Å². The van der Waals surface area contributed by atoms with E-state index < -0.39 is 0 Å². The summed E-state index contributed by atoms with van der Waals surface area (Å²) in [4.78, 5) is 13.7. The Balaban J connectivity index is 2.13. The zero-order valence-corrected chi connectivity index (χ0v) is 11.0. The van der Waals surface area contributed by atoms with Gasteiger partial charge in [-0.25, -0.2) is 4.79 Å². The Bertz CT molecular complexity index is 555. The number of para-hydroxylation sites is 3. The van der Waals surface area contributed by atoms with Crippen molar-refractivity contribution in [1.82, 2.24) is 0 Å². The summed E-state index contributed by atoms with van der Waals surface area (Å²) in [7, 11) is 3.30. The molecule has 0 aliphatic heterocycles.